The standard InChI is InChI=1S/C13H18N2O4/c16-12(10-7-11(19-15-10)9-1-2-9)14-8-13(17)3-5-18-6-4-13/h7,9,17H,1-6,8H2,(H,14,16). The topological polar surface area (TPSA) is 84.6 Å². The predicted molar refractivity (Wildman–Crippen MR) is 65.8 cm³/mol. The van der Waals surface area contributed by atoms with Gasteiger partial charge in [-0.05, 0) is 12.8 Å². The zero-order chi connectivity index (χ0) is 13.3. The number of carbonyl (C=O) groups is 1. The Morgan fingerprint density at radius 1 is 1.47 bits per heavy atom. The minimum Gasteiger partial charge on any atom is -0.388 e. The third-order valence-electron chi connectivity index (χ3n) is 3.74. The number of nitrogens with one attached hydrogen (secondary N) is 1. The van der Waals surface area contributed by atoms with Gasteiger partial charge in [-0.1, -0.05) is 5.16 Å². The van der Waals surface area contributed by atoms with Crippen LogP contribution in [0.2, 0.25) is 0 Å². The molecule has 2 N–H and O–H groups in total. The molecule has 0 radical (unpaired) electrons. The minimum absolute atomic E-state index is 0.223. The number of carbonyl (C=O) groups excluding carboxylic acids is 1. The Morgan fingerprint density at radius 3 is 2.89 bits per heavy atom. The van der Waals surface area contributed by atoms with Gasteiger partial charge in [-0.2, -0.15) is 0 Å². The van der Waals surface area contributed by atoms with Crippen LogP contribution in [0.3, 0.4) is 0 Å². The average Bonchev–Trinajstić information content (AvgIpc) is 3.15. The van der Waals surface area contributed by atoms with E-state index >= 15 is 0 Å². The second-order valence-electron chi connectivity index (χ2n) is 5.41. The molecule has 1 aliphatic carbocycles. The highest BCUT2D eigenvalue weighted by Crippen LogP contribution is 2.40. The molecule has 104 valence electrons. The Bertz CT molecular complexity index is 461. The first-order chi connectivity index (χ1) is 9.16. The van der Waals surface area contributed by atoms with Gasteiger partial charge in [0, 0.05) is 44.6 Å². The van der Waals surface area contributed by atoms with Gasteiger partial charge in [-0.25, -0.2) is 0 Å². The Morgan fingerprint density at radius 2 is 2.21 bits per heavy atom. The summed E-state index contributed by atoms with van der Waals surface area (Å²) in [7, 11) is 0. The summed E-state index contributed by atoms with van der Waals surface area (Å²) < 4.78 is 10.3. The van der Waals surface area contributed by atoms with E-state index in [-0.39, 0.29) is 18.1 Å². The van der Waals surface area contributed by atoms with Crippen LogP contribution in [0, 0.1) is 0 Å². The first-order valence-corrected chi connectivity index (χ1v) is 6.71. The zero-order valence-corrected chi connectivity index (χ0v) is 10.7. The third kappa shape index (κ3) is 2.96. The molecule has 1 aromatic rings. The number of ether oxygens (including phenoxy) is 1. The average molecular weight is 266 g/mol. The van der Waals surface area contributed by atoms with Crippen molar-refractivity contribution in [2.75, 3.05) is 19.8 Å². The van der Waals surface area contributed by atoms with E-state index in [9.17, 15) is 9.90 Å². The molecular formula is C13H18N2O4. The van der Waals surface area contributed by atoms with Gasteiger partial charge in [0.2, 0.25) is 0 Å². The molecule has 1 amide bonds. The van der Waals surface area contributed by atoms with E-state index in [1.807, 2.05) is 0 Å². The Labute approximate surface area is 111 Å². The molecule has 6 nitrogen and oxygen atoms in total. The highest BCUT2D eigenvalue weighted by molar-refractivity contribution is 5.92. The second kappa shape index (κ2) is 4.94. The summed E-state index contributed by atoms with van der Waals surface area (Å²) in [5.41, 5.74) is -0.575. The maximum atomic E-state index is 11.9. The molecule has 1 aromatic heterocycles. The summed E-state index contributed by atoms with van der Waals surface area (Å²) in [5, 5.41) is 16.7. The molecule has 0 atom stereocenters. The van der Waals surface area contributed by atoms with Crippen LogP contribution in [0.25, 0.3) is 0 Å². The molecule has 19 heavy (non-hydrogen) atoms. The molecule has 2 aliphatic rings. The number of amides is 1. The molecule has 1 saturated heterocycles. The van der Waals surface area contributed by atoms with Crippen molar-refractivity contribution in [1.82, 2.24) is 10.5 Å². The lowest BCUT2D eigenvalue weighted by atomic mass is 9.94. The van der Waals surface area contributed by atoms with E-state index < -0.39 is 5.60 Å². The largest absolute Gasteiger partial charge is 0.388 e. The number of aromatic nitrogens is 1. The number of hydrogen-bond acceptors (Lipinski definition) is 5. The number of nitrogens with zero attached hydrogens (tertiary/aromatic N) is 1. The minimum atomic E-state index is -0.864. The Hall–Kier alpha value is -1.40. The molecular weight excluding hydrogens is 248 g/mol. The van der Waals surface area contributed by atoms with Gasteiger partial charge in [0.15, 0.2) is 5.69 Å². The monoisotopic (exact) mass is 266 g/mol. The highest BCUT2D eigenvalue weighted by Gasteiger charge is 2.31. The Kier molecular flexibility index (Phi) is 3.28. The molecule has 2 heterocycles. The van der Waals surface area contributed by atoms with E-state index in [1.165, 1.54) is 0 Å². The quantitative estimate of drug-likeness (QED) is 0.843. The van der Waals surface area contributed by atoms with Crippen molar-refractivity contribution in [2.24, 2.45) is 0 Å². The van der Waals surface area contributed by atoms with E-state index in [0.717, 1.165) is 18.6 Å². The van der Waals surface area contributed by atoms with Gasteiger partial charge in [-0.15, -0.1) is 0 Å². The molecule has 6 heteroatoms. The van der Waals surface area contributed by atoms with E-state index in [2.05, 4.69) is 10.5 Å². The summed E-state index contributed by atoms with van der Waals surface area (Å²) in [6.45, 7) is 1.28. The molecule has 0 unspecified atom stereocenters. The van der Waals surface area contributed by atoms with Crippen molar-refractivity contribution in [2.45, 2.75) is 37.2 Å². The fraction of sp³-hybridized carbons (Fsp3) is 0.692. The van der Waals surface area contributed by atoms with Crippen LogP contribution < -0.4 is 5.32 Å². The van der Waals surface area contributed by atoms with E-state index in [1.54, 1.807) is 6.07 Å². The summed E-state index contributed by atoms with van der Waals surface area (Å²) in [5.74, 6) is 0.930. The summed E-state index contributed by atoms with van der Waals surface area (Å²) in [4.78, 5) is 11.9. The van der Waals surface area contributed by atoms with Crippen LogP contribution in [0.15, 0.2) is 10.6 Å². The lowest BCUT2D eigenvalue weighted by molar-refractivity contribution is -0.0605. The maximum Gasteiger partial charge on any atom is 0.273 e. The van der Waals surface area contributed by atoms with Gasteiger partial charge in [-0.3, -0.25) is 4.79 Å². The van der Waals surface area contributed by atoms with Gasteiger partial charge in [0.25, 0.3) is 5.91 Å². The molecule has 0 spiro atoms. The lowest BCUT2D eigenvalue weighted by Crippen LogP contribution is -2.46. The van der Waals surface area contributed by atoms with Gasteiger partial charge < -0.3 is 19.7 Å². The third-order valence-corrected chi connectivity index (χ3v) is 3.74. The van der Waals surface area contributed by atoms with Crippen molar-refractivity contribution in [3.8, 4) is 0 Å². The van der Waals surface area contributed by atoms with Gasteiger partial charge in [0.1, 0.15) is 5.76 Å². The number of rotatable bonds is 4. The van der Waals surface area contributed by atoms with Crippen LogP contribution in [0.4, 0.5) is 0 Å². The molecule has 3 rings (SSSR count). The lowest BCUT2D eigenvalue weighted by Gasteiger charge is -2.31. The van der Waals surface area contributed by atoms with E-state index in [0.29, 0.717) is 32.0 Å². The smallest absolute Gasteiger partial charge is 0.273 e. The number of aliphatic hydroxyl groups is 1. The predicted octanol–water partition coefficient (Wildman–Crippen LogP) is 0.823. The van der Waals surface area contributed by atoms with Crippen molar-refractivity contribution in [1.29, 1.82) is 0 Å². The van der Waals surface area contributed by atoms with Crippen molar-refractivity contribution in [3.05, 3.63) is 17.5 Å². The van der Waals surface area contributed by atoms with Gasteiger partial charge in [0.05, 0.1) is 5.60 Å². The summed E-state index contributed by atoms with van der Waals surface area (Å²) in [6, 6.07) is 1.70. The fourth-order valence-corrected chi connectivity index (χ4v) is 2.22. The van der Waals surface area contributed by atoms with Crippen LogP contribution in [-0.2, 0) is 4.74 Å². The fourth-order valence-electron chi connectivity index (χ4n) is 2.22. The normalized spacial score (nSPS) is 22.2. The van der Waals surface area contributed by atoms with Crippen LogP contribution >= 0.6 is 0 Å². The molecule has 0 aromatic carbocycles. The van der Waals surface area contributed by atoms with Crippen LogP contribution in [0.5, 0.6) is 0 Å². The van der Waals surface area contributed by atoms with Crippen LogP contribution in [0.1, 0.15) is 47.8 Å². The van der Waals surface area contributed by atoms with Crippen LogP contribution in [-0.4, -0.2) is 41.5 Å². The molecule has 2 fully saturated rings. The zero-order valence-electron chi connectivity index (χ0n) is 10.7. The van der Waals surface area contributed by atoms with Gasteiger partial charge >= 0.3 is 0 Å². The molecule has 0 bridgehead atoms. The highest BCUT2D eigenvalue weighted by atomic mass is 16.5. The first-order valence-electron chi connectivity index (χ1n) is 6.71. The van der Waals surface area contributed by atoms with Crippen molar-refractivity contribution >= 4 is 5.91 Å². The summed E-state index contributed by atoms with van der Waals surface area (Å²) in [6.07, 6.45) is 3.30. The van der Waals surface area contributed by atoms with Crippen molar-refractivity contribution in [3.63, 3.8) is 0 Å². The maximum absolute atomic E-state index is 11.9. The molecule has 1 aliphatic heterocycles. The second-order valence-corrected chi connectivity index (χ2v) is 5.41. The van der Waals surface area contributed by atoms with Crippen molar-refractivity contribution < 1.29 is 19.2 Å². The molecule has 1 saturated carbocycles. The SMILES string of the molecule is O=C(NCC1(O)CCOCC1)c1cc(C2CC2)on1. The Balaban J connectivity index is 1.55. The van der Waals surface area contributed by atoms with E-state index in [4.69, 9.17) is 9.26 Å². The summed E-state index contributed by atoms with van der Waals surface area (Å²) >= 11 is 0. The first kappa shape index (κ1) is 12.6. The number of hydrogen-bond donors (Lipinski definition) is 2.